The zero-order chi connectivity index (χ0) is 16.6. The lowest BCUT2D eigenvalue weighted by Crippen LogP contribution is -2.35. The molecule has 0 aliphatic carbocycles. The molecule has 0 amide bonds. The third kappa shape index (κ3) is 9.85. The van der Waals surface area contributed by atoms with E-state index in [1.807, 2.05) is 6.21 Å². The highest BCUT2D eigenvalue weighted by Crippen LogP contribution is 2.22. The molecule has 1 rings (SSSR count). The number of hydrogen-bond donors (Lipinski definition) is 1. The van der Waals surface area contributed by atoms with Gasteiger partial charge in [0.25, 0.3) is 0 Å². The van der Waals surface area contributed by atoms with E-state index in [0.29, 0.717) is 6.54 Å². The summed E-state index contributed by atoms with van der Waals surface area (Å²) in [7, 11) is 0. The molecular formula is C19H38N4. The van der Waals surface area contributed by atoms with E-state index >= 15 is 0 Å². The van der Waals surface area contributed by atoms with E-state index < -0.39 is 0 Å². The number of nitrogens with zero attached hydrogens (tertiary/aromatic N) is 3. The van der Waals surface area contributed by atoms with Crippen LogP contribution < -0.4 is 5.73 Å². The van der Waals surface area contributed by atoms with Crippen molar-refractivity contribution in [3.63, 3.8) is 0 Å². The predicted molar refractivity (Wildman–Crippen MR) is 100 cm³/mol. The van der Waals surface area contributed by atoms with Crippen LogP contribution in [0.3, 0.4) is 0 Å². The highest BCUT2D eigenvalue weighted by molar-refractivity contribution is 5.71. The molecule has 1 aliphatic rings. The molecule has 23 heavy (non-hydrogen) atoms. The fourth-order valence-corrected chi connectivity index (χ4v) is 3.21. The molecule has 0 bridgehead atoms. The molecule has 0 saturated carbocycles. The Balaban J connectivity index is 1.78. The van der Waals surface area contributed by atoms with E-state index in [9.17, 15) is 0 Å². The summed E-state index contributed by atoms with van der Waals surface area (Å²) < 4.78 is 0. The molecule has 0 spiro atoms. The summed E-state index contributed by atoms with van der Waals surface area (Å²) in [4.78, 5) is 0. The maximum atomic E-state index is 5.78. The van der Waals surface area contributed by atoms with Crippen molar-refractivity contribution in [3.05, 3.63) is 0 Å². The second-order valence-corrected chi connectivity index (χ2v) is 7.09. The van der Waals surface area contributed by atoms with Gasteiger partial charge in [0.1, 0.15) is 5.54 Å². The summed E-state index contributed by atoms with van der Waals surface area (Å²) in [6.45, 7) is 2.81. The number of nitrogens with two attached hydrogens (primary N) is 1. The fourth-order valence-electron chi connectivity index (χ4n) is 3.21. The van der Waals surface area contributed by atoms with Crippen molar-refractivity contribution >= 4 is 6.21 Å². The van der Waals surface area contributed by atoms with Gasteiger partial charge in [-0.2, -0.15) is 5.11 Å². The normalized spacial score (nSPS) is 19.7. The first kappa shape index (κ1) is 20.3. The third-order valence-corrected chi connectivity index (χ3v) is 4.91. The Morgan fingerprint density at radius 3 is 1.61 bits per heavy atom. The molecule has 1 atom stereocenters. The minimum Gasteiger partial charge on any atom is -0.328 e. The number of unbranched alkanes of at least 4 members (excludes halogenated alkanes) is 13. The van der Waals surface area contributed by atoms with Crippen LogP contribution in [0.5, 0.6) is 0 Å². The lowest BCUT2D eigenvalue weighted by atomic mass is 9.94. The molecule has 1 unspecified atom stereocenters. The van der Waals surface area contributed by atoms with Gasteiger partial charge in [0, 0.05) is 6.54 Å². The Labute approximate surface area is 143 Å². The van der Waals surface area contributed by atoms with E-state index in [0.717, 1.165) is 6.42 Å². The zero-order valence-corrected chi connectivity index (χ0v) is 15.3. The molecule has 4 nitrogen and oxygen atoms in total. The van der Waals surface area contributed by atoms with Gasteiger partial charge < -0.3 is 5.73 Å². The van der Waals surface area contributed by atoms with Crippen molar-refractivity contribution in [1.82, 2.24) is 0 Å². The lowest BCUT2D eigenvalue weighted by Gasteiger charge is -2.18. The average Bonchev–Trinajstić information content (AvgIpc) is 3.04. The average molecular weight is 323 g/mol. The number of rotatable bonds is 16. The van der Waals surface area contributed by atoms with Crippen LogP contribution in [0.1, 0.15) is 103 Å². The van der Waals surface area contributed by atoms with Crippen LogP contribution in [0.4, 0.5) is 0 Å². The van der Waals surface area contributed by atoms with E-state index in [-0.39, 0.29) is 5.54 Å². The highest BCUT2D eigenvalue weighted by Gasteiger charge is 2.28. The van der Waals surface area contributed by atoms with Gasteiger partial charge >= 0.3 is 0 Å². The molecular weight excluding hydrogens is 284 g/mol. The third-order valence-electron chi connectivity index (χ3n) is 4.91. The fraction of sp³-hybridized carbons (Fsp3) is 0.947. The van der Waals surface area contributed by atoms with Gasteiger partial charge in [-0.15, -0.1) is 5.10 Å². The maximum Gasteiger partial charge on any atom is 0.133 e. The van der Waals surface area contributed by atoms with Crippen LogP contribution >= 0.6 is 0 Å². The molecule has 4 heteroatoms. The van der Waals surface area contributed by atoms with Gasteiger partial charge in [0.15, 0.2) is 0 Å². The van der Waals surface area contributed by atoms with E-state index in [1.165, 1.54) is 89.9 Å². The van der Waals surface area contributed by atoms with Crippen molar-refractivity contribution in [3.8, 4) is 0 Å². The first-order valence-corrected chi connectivity index (χ1v) is 9.99. The van der Waals surface area contributed by atoms with Crippen molar-refractivity contribution in [2.45, 2.75) is 109 Å². The molecule has 0 fully saturated rings. The first-order chi connectivity index (χ1) is 11.3. The topological polar surface area (TPSA) is 63.1 Å². The van der Waals surface area contributed by atoms with Crippen molar-refractivity contribution in [1.29, 1.82) is 0 Å². The number of hydrogen-bond acceptors (Lipinski definition) is 4. The van der Waals surface area contributed by atoms with E-state index in [2.05, 4.69) is 22.4 Å². The summed E-state index contributed by atoms with van der Waals surface area (Å²) >= 11 is 0. The standard InChI is InChI=1S/C19H38N4/c1-2-3-4-5-6-7-8-9-10-11-12-13-14-15-16-19(17-20)18-21-23-22-19/h18H,2-17,20H2,1H3. The Kier molecular flexibility index (Phi) is 12.0. The zero-order valence-electron chi connectivity index (χ0n) is 15.3. The van der Waals surface area contributed by atoms with Crippen LogP contribution in [0, 0.1) is 0 Å². The molecule has 1 aliphatic heterocycles. The summed E-state index contributed by atoms with van der Waals surface area (Å²) in [5, 5.41) is 11.7. The Hall–Kier alpha value is -0.770. The van der Waals surface area contributed by atoms with Crippen LogP contribution in [-0.2, 0) is 0 Å². The summed E-state index contributed by atoms with van der Waals surface area (Å²) in [5.74, 6) is 0. The highest BCUT2D eigenvalue weighted by atomic mass is 15.4. The van der Waals surface area contributed by atoms with Crippen molar-refractivity contribution in [2.24, 2.45) is 21.2 Å². The molecule has 0 aromatic rings. The van der Waals surface area contributed by atoms with Crippen LogP contribution in [0.25, 0.3) is 0 Å². The van der Waals surface area contributed by atoms with Crippen LogP contribution in [0.15, 0.2) is 15.4 Å². The minimum atomic E-state index is -0.281. The van der Waals surface area contributed by atoms with Crippen molar-refractivity contribution in [2.75, 3.05) is 6.54 Å². The summed E-state index contributed by atoms with van der Waals surface area (Å²) in [6.07, 6.45) is 22.2. The summed E-state index contributed by atoms with van der Waals surface area (Å²) in [6, 6.07) is 0. The minimum absolute atomic E-state index is 0.281. The van der Waals surface area contributed by atoms with Gasteiger partial charge in [-0.05, 0) is 11.6 Å². The Bertz CT molecular complexity index is 313. The SMILES string of the molecule is CCCCCCCCCCCCCCCCC1(CN)C=NN=N1. The Morgan fingerprint density at radius 1 is 0.739 bits per heavy atom. The molecule has 0 radical (unpaired) electrons. The van der Waals surface area contributed by atoms with Gasteiger partial charge in [-0.1, -0.05) is 96.8 Å². The molecule has 0 saturated heterocycles. The second-order valence-electron chi connectivity index (χ2n) is 7.09. The van der Waals surface area contributed by atoms with Crippen LogP contribution in [0.2, 0.25) is 0 Å². The van der Waals surface area contributed by atoms with Gasteiger partial charge in [-0.3, -0.25) is 0 Å². The first-order valence-electron chi connectivity index (χ1n) is 9.99. The molecule has 2 N–H and O–H groups in total. The largest absolute Gasteiger partial charge is 0.328 e. The van der Waals surface area contributed by atoms with Gasteiger partial charge in [0.2, 0.25) is 0 Å². The smallest absolute Gasteiger partial charge is 0.133 e. The second kappa shape index (κ2) is 13.6. The van der Waals surface area contributed by atoms with Crippen LogP contribution in [-0.4, -0.2) is 18.3 Å². The maximum absolute atomic E-state index is 5.78. The monoisotopic (exact) mass is 322 g/mol. The molecule has 0 aromatic carbocycles. The predicted octanol–water partition coefficient (Wildman–Crippen LogP) is 6.01. The molecule has 134 valence electrons. The summed E-state index contributed by atoms with van der Waals surface area (Å²) in [5.41, 5.74) is 5.50. The van der Waals surface area contributed by atoms with E-state index in [4.69, 9.17) is 5.73 Å². The molecule has 1 heterocycles. The quantitative estimate of drug-likeness (QED) is 0.348. The van der Waals surface area contributed by atoms with Gasteiger partial charge in [0.05, 0.1) is 6.21 Å². The lowest BCUT2D eigenvalue weighted by molar-refractivity contribution is 0.480. The van der Waals surface area contributed by atoms with Gasteiger partial charge in [-0.25, -0.2) is 0 Å². The van der Waals surface area contributed by atoms with Crippen molar-refractivity contribution < 1.29 is 0 Å². The Morgan fingerprint density at radius 2 is 1.22 bits per heavy atom. The van der Waals surface area contributed by atoms with E-state index in [1.54, 1.807) is 0 Å². The molecule has 0 aromatic heterocycles.